The lowest BCUT2D eigenvalue weighted by molar-refractivity contribution is -0.134. The fourth-order valence-corrected chi connectivity index (χ4v) is 3.79. The summed E-state index contributed by atoms with van der Waals surface area (Å²) < 4.78 is 26.3. The van der Waals surface area contributed by atoms with Crippen molar-refractivity contribution in [1.29, 1.82) is 0 Å². The number of carbonyl (C=O) groups excluding carboxylic acids is 2. The van der Waals surface area contributed by atoms with E-state index in [1.807, 2.05) is 6.92 Å². The second-order valence-corrected chi connectivity index (χ2v) is 8.15. The van der Waals surface area contributed by atoms with Gasteiger partial charge >= 0.3 is 0 Å². The zero-order chi connectivity index (χ0) is 18.6. The highest BCUT2D eigenvalue weighted by Gasteiger charge is 2.28. The van der Waals surface area contributed by atoms with Gasteiger partial charge in [-0.1, -0.05) is 0 Å². The molecular formula is C16H24N4O4S. The molecule has 9 heteroatoms. The fourth-order valence-electron chi connectivity index (χ4n) is 2.67. The number of nitrogens with zero attached hydrogens (tertiary/aromatic N) is 2. The Balaban J connectivity index is 2.07. The van der Waals surface area contributed by atoms with Gasteiger partial charge in [-0.3, -0.25) is 9.59 Å². The topological polar surface area (TPSA) is 98.8 Å². The smallest absolute Gasteiger partial charge is 0.243 e. The molecule has 138 valence electrons. The predicted octanol–water partition coefficient (Wildman–Crippen LogP) is 0.0858. The minimum Gasteiger partial charge on any atom is -0.336 e. The Morgan fingerprint density at radius 2 is 1.96 bits per heavy atom. The van der Waals surface area contributed by atoms with Crippen molar-refractivity contribution >= 4 is 27.5 Å². The van der Waals surface area contributed by atoms with Gasteiger partial charge in [0.2, 0.25) is 21.8 Å². The van der Waals surface area contributed by atoms with Crippen LogP contribution in [0.3, 0.4) is 0 Å². The largest absolute Gasteiger partial charge is 0.336 e. The summed E-state index contributed by atoms with van der Waals surface area (Å²) in [4.78, 5) is 25.2. The molecule has 1 saturated heterocycles. The minimum absolute atomic E-state index is 0.0364. The van der Waals surface area contributed by atoms with Crippen LogP contribution in [-0.2, 0) is 19.6 Å². The zero-order valence-corrected chi connectivity index (χ0v) is 15.5. The number of likely N-dealkylation sites (N-methyl/N-ethyl adjacent to an activating group) is 1. The predicted molar refractivity (Wildman–Crippen MR) is 94.6 cm³/mol. The number of hydrogen-bond donors (Lipinski definition) is 2. The van der Waals surface area contributed by atoms with Gasteiger partial charge in [0.1, 0.15) is 0 Å². The van der Waals surface area contributed by atoms with Crippen LogP contribution in [0.4, 0.5) is 5.69 Å². The SMILES string of the molecule is CC(=O)Nc1ccc(S(=O)(=O)N(C)CC(=O)N2CCNCC2C)cc1. The molecule has 1 aromatic carbocycles. The third-order valence-corrected chi connectivity index (χ3v) is 5.88. The van der Waals surface area contributed by atoms with Crippen LogP contribution < -0.4 is 10.6 Å². The Morgan fingerprint density at radius 3 is 2.52 bits per heavy atom. The second-order valence-electron chi connectivity index (χ2n) is 6.11. The lowest BCUT2D eigenvalue weighted by Crippen LogP contribution is -2.54. The molecule has 1 aliphatic heterocycles. The Kier molecular flexibility index (Phi) is 6.15. The van der Waals surface area contributed by atoms with E-state index in [-0.39, 0.29) is 29.3 Å². The van der Waals surface area contributed by atoms with E-state index in [0.717, 1.165) is 4.31 Å². The maximum atomic E-state index is 12.6. The molecule has 1 fully saturated rings. The molecule has 2 N–H and O–H groups in total. The molecule has 0 spiro atoms. The highest BCUT2D eigenvalue weighted by atomic mass is 32.2. The van der Waals surface area contributed by atoms with Crippen LogP contribution in [0.5, 0.6) is 0 Å². The molecule has 1 heterocycles. The molecule has 2 amide bonds. The van der Waals surface area contributed by atoms with Gasteiger partial charge in [-0.15, -0.1) is 0 Å². The normalized spacial score (nSPS) is 18.2. The van der Waals surface area contributed by atoms with Gasteiger partial charge in [0, 0.05) is 45.3 Å². The van der Waals surface area contributed by atoms with E-state index in [1.54, 1.807) is 4.90 Å². The first kappa shape index (κ1) is 19.4. The lowest BCUT2D eigenvalue weighted by Gasteiger charge is -2.34. The van der Waals surface area contributed by atoms with Crippen LogP contribution >= 0.6 is 0 Å². The van der Waals surface area contributed by atoms with Crippen LogP contribution in [0.15, 0.2) is 29.2 Å². The quantitative estimate of drug-likeness (QED) is 0.767. The second kappa shape index (κ2) is 7.94. The average Bonchev–Trinajstić information content (AvgIpc) is 2.55. The van der Waals surface area contributed by atoms with Gasteiger partial charge in [-0.2, -0.15) is 4.31 Å². The van der Waals surface area contributed by atoms with Crippen molar-refractivity contribution in [2.24, 2.45) is 0 Å². The Bertz CT molecular complexity index is 733. The number of benzene rings is 1. The number of sulfonamides is 1. The summed E-state index contributed by atoms with van der Waals surface area (Å²) in [5, 5.41) is 5.77. The van der Waals surface area contributed by atoms with Gasteiger partial charge in [0.25, 0.3) is 0 Å². The molecule has 0 bridgehead atoms. The Morgan fingerprint density at radius 1 is 1.32 bits per heavy atom. The summed E-state index contributed by atoms with van der Waals surface area (Å²) in [6, 6.07) is 5.89. The molecule has 1 atom stereocenters. The van der Waals surface area contributed by atoms with Crippen LogP contribution in [-0.4, -0.2) is 68.7 Å². The van der Waals surface area contributed by atoms with Crippen molar-refractivity contribution in [3.05, 3.63) is 24.3 Å². The third-order valence-electron chi connectivity index (χ3n) is 4.06. The van der Waals surface area contributed by atoms with E-state index in [0.29, 0.717) is 25.3 Å². The maximum Gasteiger partial charge on any atom is 0.243 e. The number of rotatable bonds is 5. The van der Waals surface area contributed by atoms with E-state index in [9.17, 15) is 18.0 Å². The number of hydrogen-bond acceptors (Lipinski definition) is 5. The van der Waals surface area contributed by atoms with E-state index in [4.69, 9.17) is 0 Å². The molecule has 1 unspecified atom stereocenters. The molecule has 1 aromatic rings. The van der Waals surface area contributed by atoms with Crippen LogP contribution in [0.25, 0.3) is 0 Å². The highest BCUT2D eigenvalue weighted by molar-refractivity contribution is 7.89. The fraction of sp³-hybridized carbons (Fsp3) is 0.500. The molecule has 0 aromatic heterocycles. The molecular weight excluding hydrogens is 344 g/mol. The summed E-state index contributed by atoms with van der Waals surface area (Å²) >= 11 is 0. The third kappa shape index (κ3) is 4.77. The molecule has 0 radical (unpaired) electrons. The first-order valence-corrected chi connectivity index (χ1v) is 9.50. The van der Waals surface area contributed by atoms with Crippen molar-refractivity contribution < 1.29 is 18.0 Å². The number of piperazine rings is 1. The number of nitrogens with one attached hydrogen (secondary N) is 2. The summed E-state index contributed by atoms with van der Waals surface area (Å²) in [5.41, 5.74) is 0.514. The lowest BCUT2D eigenvalue weighted by atomic mass is 10.2. The number of amides is 2. The monoisotopic (exact) mass is 368 g/mol. The summed E-state index contributed by atoms with van der Waals surface area (Å²) in [5.74, 6) is -0.446. The first-order chi connectivity index (χ1) is 11.7. The van der Waals surface area contributed by atoms with Crippen LogP contribution in [0.1, 0.15) is 13.8 Å². The van der Waals surface area contributed by atoms with Crippen molar-refractivity contribution in [2.45, 2.75) is 24.8 Å². The van der Waals surface area contributed by atoms with Crippen molar-refractivity contribution in [1.82, 2.24) is 14.5 Å². The molecule has 0 saturated carbocycles. The molecule has 25 heavy (non-hydrogen) atoms. The molecule has 2 rings (SSSR count). The Hall–Kier alpha value is -1.97. The zero-order valence-electron chi connectivity index (χ0n) is 14.7. The molecule has 8 nitrogen and oxygen atoms in total. The van der Waals surface area contributed by atoms with Crippen molar-refractivity contribution in [3.8, 4) is 0 Å². The van der Waals surface area contributed by atoms with Gasteiger partial charge in [-0.25, -0.2) is 8.42 Å². The van der Waals surface area contributed by atoms with E-state index in [2.05, 4.69) is 10.6 Å². The van der Waals surface area contributed by atoms with Gasteiger partial charge < -0.3 is 15.5 Å². The van der Waals surface area contributed by atoms with Gasteiger partial charge in [-0.05, 0) is 31.2 Å². The Labute approximate surface area is 148 Å². The first-order valence-electron chi connectivity index (χ1n) is 8.06. The minimum atomic E-state index is -3.78. The van der Waals surface area contributed by atoms with Crippen molar-refractivity contribution in [3.63, 3.8) is 0 Å². The molecule has 0 aliphatic carbocycles. The molecule has 1 aliphatic rings. The average molecular weight is 368 g/mol. The van der Waals surface area contributed by atoms with Gasteiger partial charge in [0.05, 0.1) is 11.4 Å². The maximum absolute atomic E-state index is 12.6. The summed E-state index contributed by atoms with van der Waals surface area (Å²) in [6.45, 7) is 5.07. The highest BCUT2D eigenvalue weighted by Crippen LogP contribution is 2.18. The number of anilines is 1. The summed E-state index contributed by atoms with van der Waals surface area (Å²) in [7, 11) is -2.39. The van der Waals surface area contributed by atoms with Gasteiger partial charge in [0.15, 0.2) is 0 Å². The standard InChI is InChI=1S/C16H24N4O4S/c1-12-10-17-8-9-20(12)16(22)11-19(3)25(23,24)15-6-4-14(5-7-15)18-13(2)21/h4-7,12,17H,8-11H2,1-3H3,(H,18,21). The van der Waals surface area contributed by atoms with E-state index < -0.39 is 10.0 Å². The summed E-state index contributed by atoms with van der Waals surface area (Å²) in [6.07, 6.45) is 0. The van der Waals surface area contributed by atoms with E-state index >= 15 is 0 Å². The van der Waals surface area contributed by atoms with Crippen molar-refractivity contribution in [2.75, 3.05) is 38.5 Å². The van der Waals surface area contributed by atoms with E-state index in [1.165, 1.54) is 38.2 Å². The van der Waals surface area contributed by atoms with Crippen LogP contribution in [0, 0.1) is 0 Å². The van der Waals surface area contributed by atoms with Crippen LogP contribution in [0.2, 0.25) is 0 Å². The number of carbonyl (C=O) groups is 2.